The second kappa shape index (κ2) is 12.4. The SMILES string of the molecule is Cc1cc(C#N)ccc1C(=O)N(CC1CC1)c1cccc(C(=O)Nc2c(Br)cc(C(F)(C(F)(F)F)C(F)(F)F)c(C)c2Br)c1F. The van der Waals surface area contributed by atoms with E-state index in [0.29, 0.717) is 11.1 Å². The summed E-state index contributed by atoms with van der Waals surface area (Å²) in [7, 11) is 0. The van der Waals surface area contributed by atoms with Crippen molar-refractivity contribution in [3.8, 4) is 6.07 Å². The molecule has 0 bridgehead atoms. The summed E-state index contributed by atoms with van der Waals surface area (Å²) in [4.78, 5) is 28.0. The molecule has 15 heteroatoms. The predicted molar refractivity (Wildman–Crippen MR) is 156 cm³/mol. The zero-order chi connectivity index (χ0) is 33.6. The number of alkyl halides is 7. The summed E-state index contributed by atoms with van der Waals surface area (Å²) in [6, 6.07) is 10.3. The zero-order valence-electron chi connectivity index (χ0n) is 23.2. The maximum absolute atomic E-state index is 16.0. The van der Waals surface area contributed by atoms with Gasteiger partial charge in [-0.1, -0.05) is 6.07 Å². The lowest BCUT2D eigenvalue weighted by Gasteiger charge is -2.32. The van der Waals surface area contributed by atoms with E-state index in [2.05, 4.69) is 37.2 Å². The van der Waals surface area contributed by atoms with Crippen molar-refractivity contribution in [2.45, 2.75) is 44.7 Å². The Labute approximate surface area is 268 Å². The number of hydrogen-bond acceptors (Lipinski definition) is 3. The van der Waals surface area contributed by atoms with Gasteiger partial charge < -0.3 is 10.2 Å². The molecule has 3 aromatic rings. The van der Waals surface area contributed by atoms with E-state index in [9.17, 15) is 40.3 Å². The third-order valence-corrected chi connectivity index (χ3v) is 8.95. The summed E-state index contributed by atoms with van der Waals surface area (Å²) >= 11 is 5.65. The molecule has 4 rings (SSSR count). The predicted octanol–water partition coefficient (Wildman–Crippen LogP) is 9.44. The summed E-state index contributed by atoms with van der Waals surface area (Å²) < 4.78 is 110. The highest BCUT2D eigenvalue weighted by molar-refractivity contribution is 9.11. The zero-order valence-corrected chi connectivity index (χ0v) is 26.4. The molecule has 0 radical (unpaired) electrons. The molecule has 0 unspecified atom stereocenters. The molecule has 0 saturated heterocycles. The van der Waals surface area contributed by atoms with Crippen molar-refractivity contribution in [2.24, 2.45) is 5.92 Å². The van der Waals surface area contributed by atoms with Crippen LogP contribution in [0.15, 0.2) is 51.4 Å². The first kappa shape index (κ1) is 34.4. The second-order valence-electron chi connectivity index (χ2n) is 10.5. The van der Waals surface area contributed by atoms with Crippen molar-refractivity contribution < 1.29 is 44.7 Å². The van der Waals surface area contributed by atoms with Crippen molar-refractivity contribution in [1.29, 1.82) is 5.26 Å². The molecular weight excluding hydrogens is 746 g/mol. The molecule has 1 N–H and O–H groups in total. The Bertz CT molecular complexity index is 1720. The van der Waals surface area contributed by atoms with Crippen molar-refractivity contribution >= 4 is 55.0 Å². The number of benzene rings is 3. The molecule has 0 aromatic heterocycles. The Morgan fingerprint density at radius 3 is 2.13 bits per heavy atom. The minimum Gasteiger partial charge on any atom is -0.320 e. The number of halogens is 10. The molecule has 1 aliphatic rings. The smallest absolute Gasteiger partial charge is 0.320 e. The van der Waals surface area contributed by atoms with Gasteiger partial charge >= 0.3 is 18.0 Å². The third kappa shape index (κ3) is 6.44. The van der Waals surface area contributed by atoms with Gasteiger partial charge in [0.2, 0.25) is 0 Å². The lowest BCUT2D eigenvalue weighted by Crippen LogP contribution is -2.50. The van der Waals surface area contributed by atoms with Gasteiger partial charge in [0.05, 0.1) is 28.6 Å². The van der Waals surface area contributed by atoms with Crippen LogP contribution in [-0.4, -0.2) is 30.7 Å². The van der Waals surface area contributed by atoms with E-state index in [1.54, 1.807) is 6.92 Å². The number of anilines is 2. The molecule has 1 saturated carbocycles. The van der Waals surface area contributed by atoms with Crippen LogP contribution in [0.4, 0.5) is 46.5 Å². The highest BCUT2D eigenvalue weighted by atomic mass is 79.9. The average molecular weight is 767 g/mol. The van der Waals surface area contributed by atoms with Crippen LogP contribution in [0.3, 0.4) is 0 Å². The quantitative estimate of drug-likeness (QED) is 0.244. The first-order chi connectivity index (χ1) is 20.8. The summed E-state index contributed by atoms with van der Waals surface area (Å²) in [5.74, 6) is -2.78. The Morgan fingerprint density at radius 1 is 0.978 bits per heavy atom. The van der Waals surface area contributed by atoms with Crippen molar-refractivity contribution in [3.63, 3.8) is 0 Å². The summed E-state index contributed by atoms with van der Waals surface area (Å²) in [5, 5.41) is 11.4. The number of aryl methyl sites for hydroxylation is 1. The Morgan fingerprint density at radius 2 is 1.60 bits per heavy atom. The number of carbonyl (C=O) groups is 2. The molecule has 0 spiro atoms. The fraction of sp³-hybridized carbons (Fsp3) is 0.300. The summed E-state index contributed by atoms with van der Waals surface area (Å²) in [6.07, 6.45) is -11.2. The van der Waals surface area contributed by atoms with E-state index >= 15 is 4.39 Å². The molecule has 0 atom stereocenters. The molecule has 45 heavy (non-hydrogen) atoms. The normalized spacial score (nSPS) is 13.8. The number of carbonyl (C=O) groups excluding carboxylic acids is 2. The highest BCUT2D eigenvalue weighted by Gasteiger charge is 2.74. The van der Waals surface area contributed by atoms with Gasteiger partial charge in [0.1, 0.15) is 0 Å². The van der Waals surface area contributed by atoms with Crippen LogP contribution >= 0.6 is 31.9 Å². The molecule has 2 amide bonds. The number of nitrogens with zero attached hydrogens (tertiary/aromatic N) is 2. The standard InChI is InChI=1S/C30H21Br2F8N3O2/c1-14-10-17(12-41)8-9-18(14)27(45)43(13-16-6-7-16)22-5-3-4-19(24(22)33)26(44)42-25-21(31)11-20(15(2)23(25)32)28(34,29(35,36)37)30(38,39)40/h3-5,8-11,16H,6-7,13H2,1-2H3,(H,42,44). The Balaban J connectivity index is 1.73. The van der Waals surface area contributed by atoms with Crippen LogP contribution in [0.1, 0.15) is 55.8 Å². The van der Waals surface area contributed by atoms with Crippen molar-refractivity contribution in [1.82, 2.24) is 0 Å². The summed E-state index contributed by atoms with van der Waals surface area (Å²) in [6.45, 7) is 2.53. The molecule has 5 nitrogen and oxygen atoms in total. The topological polar surface area (TPSA) is 73.2 Å². The monoisotopic (exact) mass is 765 g/mol. The van der Waals surface area contributed by atoms with Crippen LogP contribution in [0, 0.1) is 36.9 Å². The number of nitrogens with one attached hydrogen (secondary N) is 1. The van der Waals surface area contributed by atoms with E-state index in [1.165, 1.54) is 35.2 Å². The van der Waals surface area contributed by atoms with E-state index in [4.69, 9.17) is 5.26 Å². The van der Waals surface area contributed by atoms with E-state index in [-0.39, 0.29) is 29.8 Å². The first-order valence-electron chi connectivity index (χ1n) is 13.1. The van der Waals surface area contributed by atoms with Crippen molar-refractivity contribution in [2.75, 3.05) is 16.8 Å². The van der Waals surface area contributed by atoms with Crippen LogP contribution in [0.2, 0.25) is 0 Å². The second-order valence-corrected chi connectivity index (χ2v) is 12.1. The van der Waals surface area contributed by atoms with Gasteiger partial charge in [0, 0.05) is 26.6 Å². The van der Waals surface area contributed by atoms with Gasteiger partial charge in [0.15, 0.2) is 5.82 Å². The van der Waals surface area contributed by atoms with Crippen LogP contribution in [0.5, 0.6) is 0 Å². The molecular formula is C30H21Br2F8N3O2. The van der Waals surface area contributed by atoms with E-state index in [0.717, 1.165) is 25.8 Å². The average Bonchev–Trinajstić information content (AvgIpc) is 3.78. The van der Waals surface area contributed by atoms with Gasteiger partial charge in [-0.05, 0) is 112 Å². The molecule has 3 aromatic carbocycles. The molecule has 238 valence electrons. The molecule has 0 heterocycles. The summed E-state index contributed by atoms with van der Waals surface area (Å²) in [5.41, 5.74) is -8.56. The largest absolute Gasteiger partial charge is 0.435 e. The first-order valence-corrected chi connectivity index (χ1v) is 14.7. The lowest BCUT2D eigenvalue weighted by molar-refractivity contribution is -0.348. The van der Waals surface area contributed by atoms with Crippen LogP contribution in [-0.2, 0) is 5.67 Å². The van der Waals surface area contributed by atoms with Gasteiger partial charge in [-0.15, -0.1) is 0 Å². The lowest BCUT2D eigenvalue weighted by atomic mass is 9.90. The number of nitriles is 1. The minimum atomic E-state index is -6.37. The highest BCUT2D eigenvalue weighted by Crippen LogP contribution is 2.56. The van der Waals surface area contributed by atoms with Gasteiger partial charge in [-0.3, -0.25) is 9.59 Å². The van der Waals surface area contributed by atoms with E-state index < -0.39 is 67.0 Å². The van der Waals surface area contributed by atoms with E-state index in [1.807, 2.05) is 6.07 Å². The minimum absolute atomic E-state index is 0.0777. The number of hydrogen-bond donors (Lipinski definition) is 1. The maximum atomic E-state index is 16.0. The number of amides is 2. The van der Waals surface area contributed by atoms with Gasteiger partial charge in [-0.25, -0.2) is 8.78 Å². The molecule has 1 aliphatic carbocycles. The van der Waals surface area contributed by atoms with Crippen LogP contribution < -0.4 is 10.2 Å². The van der Waals surface area contributed by atoms with Crippen LogP contribution in [0.25, 0.3) is 0 Å². The number of rotatable bonds is 7. The van der Waals surface area contributed by atoms with Gasteiger partial charge in [0.25, 0.3) is 11.8 Å². The maximum Gasteiger partial charge on any atom is 0.435 e. The molecule has 0 aliphatic heterocycles. The Hall–Kier alpha value is -3.51. The third-order valence-electron chi connectivity index (χ3n) is 7.34. The molecule has 1 fully saturated rings. The van der Waals surface area contributed by atoms with Crippen molar-refractivity contribution in [3.05, 3.63) is 90.6 Å². The fourth-order valence-electron chi connectivity index (χ4n) is 4.71. The Kier molecular flexibility index (Phi) is 9.43. The fourth-order valence-corrected chi connectivity index (χ4v) is 6.03. The van der Waals surface area contributed by atoms with Gasteiger partial charge in [-0.2, -0.15) is 31.6 Å².